The van der Waals surface area contributed by atoms with Crippen molar-refractivity contribution >= 4 is 27.3 Å². The second-order valence-electron chi connectivity index (χ2n) is 6.16. The molecule has 1 N–H and O–H groups in total. The van der Waals surface area contributed by atoms with E-state index in [0.717, 1.165) is 47.0 Å². The van der Waals surface area contributed by atoms with Crippen molar-refractivity contribution in [2.45, 2.75) is 19.0 Å². The second kappa shape index (κ2) is 8.76. The van der Waals surface area contributed by atoms with E-state index in [2.05, 4.69) is 5.32 Å². The maximum absolute atomic E-state index is 13.4. The first-order valence-corrected chi connectivity index (χ1v) is 10.1. The number of hydrogen-bond acceptors (Lipinski definition) is 3. The van der Waals surface area contributed by atoms with Gasteiger partial charge in [-0.1, -0.05) is 6.07 Å². The lowest BCUT2D eigenvalue weighted by Gasteiger charge is -2.22. The number of rotatable bonds is 7. The van der Waals surface area contributed by atoms with E-state index in [1.807, 2.05) is 0 Å². The Labute approximate surface area is 164 Å². The fourth-order valence-electron chi connectivity index (χ4n) is 2.51. The van der Waals surface area contributed by atoms with Crippen LogP contribution < -0.4 is 9.62 Å². The van der Waals surface area contributed by atoms with E-state index in [1.54, 1.807) is 0 Å². The van der Waals surface area contributed by atoms with Crippen molar-refractivity contribution in [3.63, 3.8) is 0 Å². The van der Waals surface area contributed by atoms with E-state index in [0.29, 0.717) is 0 Å². The summed E-state index contributed by atoms with van der Waals surface area (Å²) in [5.74, 6) is -2.98. The smallest absolute Gasteiger partial charge is 0.326 e. The summed E-state index contributed by atoms with van der Waals surface area (Å²) in [5.41, 5.74) is -1.08. The number of carbonyl (C=O) groups is 1. The Morgan fingerprint density at radius 2 is 1.76 bits per heavy atom. The van der Waals surface area contributed by atoms with Gasteiger partial charge in [0, 0.05) is 24.7 Å². The van der Waals surface area contributed by atoms with Gasteiger partial charge in [0.2, 0.25) is 15.9 Å². The summed E-state index contributed by atoms with van der Waals surface area (Å²) in [6.07, 6.45) is -3.89. The Bertz CT molecular complexity index is 993. The second-order valence-corrected chi connectivity index (χ2v) is 8.07. The Morgan fingerprint density at radius 1 is 1.07 bits per heavy atom. The highest BCUT2D eigenvalue weighted by Gasteiger charge is 2.30. The zero-order valence-electron chi connectivity index (χ0n) is 15.1. The molecule has 0 aliphatic carbocycles. The zero-order chi connectivity index (χ0) is 21.8. The third-order valence-electron chi connectivity index (χ3n) is 3.83. The minimum Gasteiger partial charge on any atom is -0.326 e. The number of halogens is 5. The van der Waals surface area contributed by atoms with Gasteiger partial charge in [-0.15, -0.1) is 0 Å². The van der Waals surface area contributed by atoms with Crippen LogP contribution in [-0.4, -0.2) is 27.1 Å². The van der Waals surface area contributed by atoms with Gasteiger partial charge in [-0.2, -0.15) is 13.2 Å². The fraction of sp³-hybridized carbons (Fsp3) is 0.278. The van der Waals surface area contributed by atoms with Crippen molar-refractivity contribution in [2.24, 2.45) is 0 Å². The first-order chi connectivity index (χ1) is 13.4. The Balaban J connectivity index is 2.01. The molecule has 0 aromatic heterocycles. The quantitative estimate of drug-likeness (QED) is 0.663. The van der Waals surface area contributed by atoms with E-state index in [4.69, 9.17) is 0 Å². The summed E-state index contributed by atoms with van der Waals surface area (Å²) < 4.78 is 89.2. The van der Waals surface area contributed by atoms with E-state index in [-0.39, 0.29) is 30.8 Å². The van der Waals surface area contributed by atoms with E-state index in [9.17, 15) is 35.2 Å². The molecule has 2 aromatic rings. The van der Waals surface area contributed by atoms with Crippen LogP contribution in [0.2, 0.25) is 0 Å². The molecule has 0 atom stereocenters. The lowest BCUT2D eigenvalue weighted by molar-refractivity contribution is -0.137. The maximum atomic E-state index is 13.4. The molecule has 29 heavy (non-hydrogen) atoms. The van der Waals surface area contributed by atoms with Gasteiger partial charge in [0.15, 0.2) is 11.6 Å². The molecule has 158 valence electrons. The number of nitrogens with one attached hydrogen (secondary N) is 1. The van der Waals surface area contributed by atoms with Crippen molar-refractivity contribution in [1.82, 2.24) is 0 Å². The summed E-state index contributed by atoms with van der Waals surface area (Å²) in [6, 6.07) is 6.66. The molecule has 0 unspecified atom stereocenters. The normalized spacial score (nSPS) is 11.9. The van der Waals surface area contributed by atoms with Gasteiger partial charge in [-0.3, -0.25) is 9.10 Å². The van der Waals surface area contributed by atoms with Gasteiger partial charge in [-0.25, -0.2) is 17.2 Å². The molecule has 2 rings (SSSR count). The number of amides is 1. The monoisotopic (exact) mass is 436 g/mol. The van der Waals surface area contributed by atoms with Crippen molar-refractivity contribution in [1.29, 1.82) is 0 Å². The lowest BCUT2D eigenvalue weighted by atomic mass is 10.2. The van der Waals surface area contributed by atoms with Crippen LogP contribution in [-0.2, 0) is 21.0 Å². The molecule has 1 amide bonds. The van der Waals surface area contributed by atoms with Crippen LogP contribution in [0.1, 0.15) is 18.4 Å². The predicted molar refractivity (Wildman–Crippen MR) is 97.9 cm³/mol. The summed E-state index contributed by atoms with van der Waals surface area (Å²) in [7, 11) is -3.84. The fourth-order valence-corrected chi connectivity index (χ4v) is 3.46. The van der Waals surface area contributed by atoms with Crippen molar-refractivity contribution in [3.05, 3.63) is 59.7 Å². The summed E-state index contributed by atoms with van der Waals surface area (Å²) in [5, 5.41) is 2.31. The van der Waals surface area contributed by atoms with Crippen LogP contribution in [0.3, 0.4) is 0 Å². The average Bonchev–Trinajstić information content (AvgIpc) is 2.60. The van der Waals surface area contributed by atoms with Gasteiger partial charge in [0.25, 0.3) is 0 Å². The molecule has 0 heterocycles. The van der Waals surface area contributed by atoms with Gasteiger partial charge in [0.05, 0.1) is 17.5 Å². The Kier molecular flexibility index (Phi) is 6.83. The highest BCUT2D eigenvalue weighted by atomic mass is 32.2. The number of sulfonamides is 1. The molecule has 0 saturated heterocycles. The number of benzene rings is 2. The van der Waals surface area contributed by atoms with Crippen LogP contribution in [0.4, 0.5) is 33.3 Å². The van der Waals surface area contributed by atoms with E-state index >= 15 is 0 Å². The third kappa shape index (κ3) is 6.41. The van der Waals surface area contributed by atoms with Gasteiger partial charge in [0.1, 0.15) is 0 Å². The van der Waals surface area contributed by atoms with Crippen LogP contribution in [0, 0.1) is 11.6 Å². The topological polar surface area (TPSA) is 66.5 Å². The largest absolute Gasteiger partial charge is 0.416 e. The highest BCUT2D eigenvalue weighted by Crippen LogP contribution is 2.30. The molecule has 0 aliphatic heterocycles. The van der Waals surface area contributed by atoms with Gasteiger partial charge in [-0.05, 0) is 36.8 Å². The minimum atomic E-state index is -4.55. The molecule has 2 aromatic carbocycles. The predicted octanol–water partition coefficient (Wildman–Crippen LogP) is 4.17. The van der Waals surface area contributed by atoms with Crippen LogP contribution >= 0.6 is 0 Å². The van der Waals surface area contributed by atoms with Crippen LogP contribution in [0.15, 0.2) is 42.5 Å². The number of hydrogen-bond donors (Lipinski definition) is 1. The molecule has 0 aliphatic rings. The molecular formula is C18H17F5N2O3S. The molecule has 5 nitrogen and oxygen atoms in total. The maximum Gasteiger partial charge on any atom is 0.416 e. The number of carbonyl (C=O) groups excluding carboxylic acids is 1. The Morgan fingerprint density at radius 3 is 2.34 bits per heavy atom. The number of anilines is 2. The molecule has 0 fully saturated rings. The summed E-state index contributed by atoms with van der Waals surface area (Å²) in [4.78, 5) is 12.0. The lowest BCUT2D eigenvalue weighted by Crippen LogP contribution is -2.31. The van der Waals surface area contributed by atoms with Crippen LogP contribution in [0.5, 0.6) is 0 Å². The standard InChI is InChI=1S/C18H17F5N2O3S/c1-29(27,28)25(14-7-8-15(19)16(20)11-14)9-3-6-17(26)24-13-5-2-4-12(10-13)18(21,22)23/h2,4-5,7-8,10-11H,3,6,9H2,1H3,(H,24,26). The number of nitrogens with zero attached hydrogens (tertiary/aromatic N) is 1. The van der Waals surface area contributed by atoms with Gasteiger partial charge >= 0.3 is 6.18 Å². The zero-order valence-corrected chi connectivity index (χ0v) is 15.9. The molecule has 0 radical (unpaired) electrons. The summed E-state index contributed by atoms with van der Waals surface area (Å²) in [6.45, 7) is -0.208. The molecular weight excluding hydrogens is 419 g/mol. The van der Waals surface area contributed by atoms with Crippen molar-refractivity contribution in [3.8, 4) is 0 Å². The molecule has 0 saturated carbocycles. The Hall–Kier alpha value is -2.69. The SMILES string of the molecule is CS(=O)(=O)N(CCCC(=O)Nc1cccc(C(F)(F)F)c1)c1ccc(F)c(F)c1. The molecule has 11 heteroatoms. The number of alkyl halides is 3. The van der Waals surface area contributed by atoms with Crippen LogP contribution in [0.25, 0.3) is 0 Å². The van der Waals surface area contributed by atoms with E-state index < -0.39 is 39.3 Å². The first-order valence-electron chi connectivity index (χ1n) is 8.28. The third-order valence-corrected chi connectivity index (χ3v) is 5.02. The van der Waals surface area contributed by atoms with Crippen molar-refractivity contribution < 1.29 is 35.2 Å². The van der Waals surface area contributed by atoms with Gasteiger partial charge < -0.3 is 5.32 Å². The first kappa shape index (κ1) is 22.6. The summed E-state index contributed by atoms with van der Waals surface area (Å²) >= 11 is 0. The van der Waals surface area contributed by atoms with Crippen molar-refractivity contribution in [2.75, 3.05) is 22.4 Å². The molecule has 0 bridgehead atoms. The average molecular weight is 436 g/mol. The molecule has 0 spiro atoms. The van der Waals surface area contributed by atoms with E-state index in [1.165, 1.54) is 6.07 Å². The highest BCUT2D eigenvalue weighted by molar-refractivity contribution is 7.92. The minimum absolute atomic E-state index is 0.00311.